The van der Waals surface area contributed by atoms with Crippen molar-refractivity contribution in [2.75, 3.05) is 13.2 Å². The lowest BCUT2D eigenvalue weighted by Crippen LogP contribution is -2.18. The van der Waals surface area contributed by atoms with Crippen molar-refractivity contribution in [2.24, 2.45) is 5.92 Å². The van der Waals surface area contributed by atoms with Crippen molar-refractivity contribution in [1.29, 1.82) is 0 Å². The van der Waals surface area contributed by atoms with Crippen LogP contribution in [0.5, 0.6) is 0 Å². The van der Waals surface area contributed by atoms with Crippen LogP contribution in [-0.2, 0) is 11.2 Å². The van der Waals surface area contributed by atoms with Gasteiger partial charge in [-0.15, -0.1) is 0 Å². The van der Waals surface area contributed by atoms with Crippen molar-refractivity contribution in [1.82, 2.24) is 14.6 Å². The van der Waals surface area contributed by atoms with Crippen molar-refractivity contribution in [2.45, 2.75) is 19.3 Å². The van der Waals surface area contributed by atoms with E-state index in [9.17, 15) is 0 Å². The van der Waals surface area contributed by atoms with Gasteiger partial charge in [-0.1, -0.05) is 6.07 Å². The van der Waals surface area contributed by atoms with Gasteiger partial charge in [0, 0.05) is 19.6 Å². The zero-order valence-electron chi connectivity index (χ0n) is 9.47. The number of pyridine rings is 1. The molecule has 0 bridgehead atoms. The second kappa shape index (κ2) is 4.74. The lowest BCUT2D eigenvalue weighted by Gasteiger charge is -2.20. The fraction of sp³-hybridized carbons (Fsp3) is 0.500. The molecule has 0 atom stereocenters. The lowest BCUT2D eigenvalue weighted by atomic mass is 9.96. The molecule has 1 aliphatic heterocycles. The van der Waals surface area contributed by atoms with Crippen molar-refractivity contribution >= 4 is 21.6 Å². The van der Waals surface area contributed by atoms with Gasteiger partial charge in [-0.25, -0.2) is 9.50 Å². The Hall–Kier alpha value is -0.940. The first kappa shape index (κ1) is 11.2. The van der Waals surface area contributed by atoms with Gasteiger partial charge in [0.1, 0.15) is 4.60 Å². The Kier molecular flexibility index (Phi) is 3.11. The van der Waals surface area contributed by atoms with E-state index in [0.717, 1.165) is 48.6 Å². The van der Waals surface area contributed by atoms with Gasteiger partial charge in [0.15, 0.2) is 11.5 Å². The average molecular weight is 296 g/mol. The number of fused-ring (bicyclic) bond motifs is 1. The minimum atomic E-state index is 0.667. The molecule has 2 aromatic heterocycles. The van der Waals surface area contributed by atoms with Crippen molar-refractivity contribution < 1.29 is 4.74 Å². The molecule has 4 nitrogen and oxygen atoms in total. The van der Waals surface area contributed by atoms with Gasteiger partial charge in [0.25, 0.3) is 0 Å². The van der Waals surface area contributed by atoms with Crippen LogP contribution in [0, 0.1) is 5.92 Å². The Morgan fingerprint density at radius 2 is 2.18 bits per heavy atom. The molecule has 0 N–H and O–H groups in total. The molecule has 17 heavy (non-hydrogen) atoms. The van der Waals surface area contributed by atoms with Crippen LogP contribution in [0.25, 0.3) is 5.65 Å². The Labute approximate surface area is 108 Å². The molecule has 3 heterocycles. The molecule has 2 aromatic rings. The van der Waals surface area contributed by atoms with Gasteiger partial charge in [0.05, 0.1) is 0 Å². The van der Waals surface area contributed by atoms with Crippen LogP contribution in [0.3, 0.4) is 0 Å². The largest absolute Gasteiger partial charge is 0.381 e. The summed E-state index contributed by atoms with van der Waals surface area (Å²) in [6, 6.07) is 5.93. The predicted octanol–water partition coefficient (Wildman–Crippen LogP) is 2.46. The highest BCUT2D eigenvalue weighted by Crippen LogP contribution is 2.19. The summed E-state index contributed by atoms with van der Waals surface area (Å²) in [5, 5.41) is 4.52. The van der Waals surface area contributed by atoms with E-state index in [0.29, 0.717) is 5.92 Å². The minimum absolute atomic E-state index is 0.667. The molecule has 0 amide bonds. The monoisotopic (exact) mass is 295 g/mol. The molecule has 0 aliphatic carbocycles. The van der Waals surface area contributed by atoms with Gasteiger partial charge in [-0.05, 0) is 46.8 Å². The summed E-state index contributed by atoms with van der Waals surface area (Å²) in [6.07, 6.45) is 3.20. The number of ether oxygens (including phenoxy) is 1. The van der Waals surface area contributed by atoms with E-state index < -0.39 is 0 Å². The van der Waals surface area contributed by atoms with Crippen LogP contribution in [-0.4, -0.2) is 27.8 Å². The van der Waals surface area contributed by atoms with E-state index in [1.54, 1.807) is 0 Å². The zero-order valence-corrected chi connectivity index (χ0v) is 11.1. The molecule has 90 valence electrons. The number of rotatable bonds is 2. The van der Waals surface area contributed by atoms with Crippen LogP contribution < -0.4 is 0 Å². The summed E-state index contributed by atoms with van der Waals surface area (Å²) in [4.78, 5) is 4.55. The molecule has 0 spiro atoms. The molecule has 3 rings (SSSR count). The summed E-state index contributed by atoms with van der Waals surface area (Å²) in [5.74, 6) is 1.60. The number of aromatic nitrogens is 3. The maximum absolute atomic E-state index is 5.36. The zero-order chi connectivity index (χ0) is 11.7. The fourth-order valence-electron chi connectivity index (χ4n) is 2.21. The average Bonchev–Trinajstić information content (AvgIpc) is 2.74. The molecule has 1 fully saturated rings. The molecule has 1 aliphatic rings. The number of halogens is 1. The highest BCUT2D eigenvalue weighted by molar-refractivity contribution is 9.10. The van der Waals surface area contributed by atoms with E-state index in [2.05, 4.69) is 26.0 Å². The number of hydrogen-bond donors (Lipinski definition) is 0. The maximum atomic E-state index is 5.36. The van der Waals surface area contributed by atoms with E-state index in [1.807, 2.05) is 22.7 Å². The fourth-order valence-corrected chi connectivity index (χ4v) is 2.63. The van der Waals surface area contributed by atoms with Crippen LogP contribution in [0.1, 0.15) is 18.7 Å². The summed E-state index contributed by atoms with van der Waals surface area (Å²) < 4.78 is 8.15. The molecule has 0 radical (unpaired) electrons. The molecule has 0 aromatic carbocycles. The maximum Gasteiger partial charge on any atom is 0.156 e. The molecular weight excluding hydrogens is 282 g/mol. The standard InChI is InChI=1S/C12H14BrN3O/c13-10-2-1-3-12-14-11(15-16(10)12)8-9-4-6-17-7-5-9/h1-3,9H,4-8H2. The second-order valence-electron chi connectivity index (χ2n) is 4.41. The van der Waals surface area contributed by atoms with Gasteiger partial charge in [-0.3, -0.25) is 0 Å². The van der Waals surface area contributed by atoms with Crippen LogP contribution >= 0.6 is 15.9 Å². The van der Waals surface area contributed by atoms with E-state index in [4.69, 9.17) is 4.74 Å². The Balaban J connectivity index is 1.83. The second-order valence-corrected chi connectivity index (χ2v) is 5.22. The SMILES string of the molecule is Brc1cccc2nc(CC3CCOCC3)nn12. The van der Waals surface area contributed by atoms with Crippen molar-refractivity contribution in [3.8, 4) is 0 Å². The highest BCUT2D eigenvalue weighted by Gasteiger charge is 2.17. The molecular formula is C12H14BrN3O. The van der Waals surface area contributed by atoms with Gasteiger partial charge in [-0.2, -0.15) is 5.10 Å². The Morgan fingerprint density at radius 1 is 1.35 bits per heavy atom. The first-order valence-electron chi connectivity index (χ1n) is 5.91. The summed E-state index contributed by atoms with van der Waals surface area (Å²) in [5.41, 5.74) is 0.904. The van der Waals surface area contributed by atoms with Crippen molar-refractivity contribution in [3.63, 3.8) is 0 Å². The van der Waals surface area contributed by atoms with Crippen LogP contribution in [0.15, 0.2) is 22.8 Å². The van der Waals surface area contributed by atoms with Crippen LogP contribution in [0.2, 0.25) is 0 Å². The molecule has 1 saturated heterocycles. The summed E-state index contributed by atoms with van der Waals surface area (Å²) in [6.45, 7) is 1.75. The first-order chi connectivity index (χ1) is 8.33. The lowest BCUT2D eigenvalue weighted by molar-refractivity contribution is 0.0660. The summed E-state index contributed by atoms with van der Waals surface area (Å²) in [7, 11) is 0. The molecule has 5 heteroatoms. The van der Waals surface area contributed by atoms with Gasteiger partial charge < -0.3 is 4.74 Å². The Morgan fingerprint density at radius 3 is 2.94 bits per heavy atom. The number of hydrogen-bond acceptors (Lipinski definition) is 3. The minimum Gasteiger partial charge on any atom is -0.381 e. The third-order valence-corrected chi connectivity index (χ3v) is 3.77. The topological polar surface area (TPSA) is 39.4 Å². The normalized spacial score (nSPS) is 17.7. The van der Waals surface area contributed by atoms with E-state index in [1.165, 1.54) is 0 Å². The third kappa shape index (κ3) is 2.35. The highest BCUT2D eigenvalue weighted by atomic mass is 79.9. The van der Waals surface area contributed by atoms with E-state index >= 15 is 0 Å². The Bertz CT molecular complexity index is 519. The van der Waals surface area contributed by atoms with Crippen LogP contribution in [0.4, 0.5) is 0 Å². The third-order valence-electron chi connectivity index (χ3n) is 3.17. The van der Waals surface area contributed by atoms with Gasteiger partial charge in [0.2, 0.25) is 0 Å². The first-order valence-corrected chi connectivity index (χ1v) is 6.70. The molecule has 0 unspecified atom stereocenters. The molecule has 0 saturated carbocycles. The van der Waals surface area contributed by atoms with Gasteiger partial charge >= 0.3 is 0 Å². The smallest absolute Gasteiger partial charge is 0.156 e. The predicted molar refractivity (Wildman–Crippen MR) is 67.9 cm³/mol. The van der Waals surface area contributed by atoms with Crippen molar-refractivity contribution in [3.05, 3.63) is 28.6 Å². The van der Waals surface area contributed by atoms with E-state index in [-0.39, 0.29) is 0 Å². The number of nitrogens with zero attached hydrogens (tertiary/aromatic N) is 3. The quantitative estimate of drug-likeness (QED) is 0.799. The summed E-state index contributed by atoms with van der Waals surface area (Å²) >= 11 is 3.48.